The van der Waals surface area contributed by atoms with Crippen molar-refractivity contribution in [1.29, 1.82) is 0 Å². The van der Waals surface area contributed by atoms with Gasteiger partial charge in [-0.15, -0.1) is 0 Å². The van der Waals surface area contributed by atoms with Crippen LogP contribution in [0.2, 0.25) is 0 Å². The van der Waals surface area contributed by atoms with Gasteiger partial charge in [-0.25, -0.2) is 0 Å². The molecule has 0 spiro atoms. The van der Waals surface area contributed by atoms with Crippen LogP contribution >= 0.6 is 0 Å². The molecule has 2 fully saturated rings. The number of para-hydroxylation sites is 1. The molecule has 2 saturated heterocycles. The molecular formula is C29H30N4O2. The van der Waals surface area contributed by atoms with Crippen molar-refractivity contribution in [1.82, 2.24) is 14.7 Å². The number of carbonyl (C=O) groups excluding carboxylic acids is 2. The van der Waals surface area contributed by atoms with Crippen molar-refractivity contribution in [3.8, 4) is 0 Å². The number of hydrogen-bond acceptors (Lipinski definition) is 4. The predicted molar refractivity (Wildman–Crippen MR) is 137 cm³/mol. The molecular weight excluding hydrogens is 436 g/mol. The number of benzene rings is 2. The molecule has 1 aliphatic carbocycles. The number of piperazine rings is 1. The van der Waals surface area contributed by atoms with Crippen molar-refractivity contribution in [2.45, 2.75) is 12.1 Å². The van der Waals surface area contributed by atoms with Crippen LogP contribution in [-0.4, -0.2) is 77.9 Å². The Kier molecular flexibility index (Phi) is 5.74. The molecule has 6 heteroatoms. The maximum atomic E-state index is 13.1. The first kappa shape index (κ1) is 21.9. The van der Waals surface area contributed by atoms with Crippen molar-refractivity contribution >= 4 is 17.5 Å². The van der Waals surface area contributed by atoms with Gasteiger partial charge in [0, 0.05) is 74.3 Å². The Balaban J connectivity index is 1.00. The summed E-state index contributed by atoms with van der Waals surface area (Å²) in [6.07, 6.45) is 10.6. The second-order valence-corrected chi connectivity index (χ2v) is 9.69. The number of fused-ring (bicyclic) bond motifs is 1. The molecule has 6 rings (SSSR count). The van der Waals surface area contributed by atoms with Gasteiger partial charge in [0.15, 0.2) is 0 Å². The summed E-state index contributed by atoms with van der Waals surface area (Å²) in [4.78, 5) is 34.4. The second kappa shape index (κ2) is 9.19. The summed E-state index contributed by atoms with van der Waals surface area (Å²) in [5.74, 6) is 0.448. The van der Waals surface area contributed by atoms with Gasteiger partial charge < -0.3 is 14.7 Å². The summed E-state index contributed by atoms with van der Waals surface area (Å²) in [6, 6.07) is 20.5. The molecule has 2 aromatic rings. The standard InChI is InChI=1S/C29H30N4O2/c34-28(22-7-3-1-4-8-22)31-17-15-30(16-18-31)26-20-32(21-26)29(35)24-11-12-27-23(19-24)13-14-33(27)25-9-5-2-6-10-25/h1-14,19,23,26-27H,15-18,20-21H2. The Morgan fingerprint density at radius 3 is 2.14 bits per heavy atom. The first-order valence-corrected chi connectivity index (χ1v) is 12.5. The fraction of sp³-hybridized carbons (Fsp3) is 0.310. The van der Waals surface area contributed by atoms with Gasteiger partial charge in [-0.2, -0.15) is 0 Å². The van der Waals surface area contributed by atoms with E-state index in [-0.39, 0.29) is 23.8 Å². The van der Waals surface area contributed by atoms with Gasteiger partial charge in [0.25, 0.3) is 11.8 Å². The van der Waals surface area contributed by atoms with Crippen molar-refractivity contribution in [3.05, 3.63) is 102 Å². The molecule has 2 unspecified atom stereocenters. The summed E-state index contributed by atoms with van der Waals surface area (Å²) in [5.41, 5.74) is 2.71. The van der Waals surface area contributed by atoms with E-state index in [1.165, 1.54) is 5.69 Å². The van der Waals surface area contributed by atoms with Crippen LogP contribution in [0.5, 0.6) is 0 Å². The molecule has 0 aromatic heterocycles. The number of likely N-dealkylation sites (tertiary alicyclic amines) is 1. The maximum absolute atomic E-state index is 13.1. The normalized spacial score (nSPS) is 24.2. The average Bonchev–Trinajstić information content (AvgIpc) is 3.32. The molecule has 2 amide bonds. The Bertz CT molecular complexity index is 1180. The Morgan fingerprint density at radius 1 is 0.743 bits per heavy atom. The minimum Gasteiger partial charge on any atom is -0.340 e. The van der Waals surface area contributed by atoms with E-state index in [0.717, 1.165) is 50.4 Å². The van der Waals surface area contributed by atoms with E-state index in [0.29, 0.717) is 6.04 Å². The number of carbonyl (C=O) groups is 2. The summed E-state index contributed by atoms with van der Waals surface area (Å²) >= 11 is 0. The predicted octanol–water partition coefficient (Wildman–Crippen LogP) is 3.17. The third-order valence-corrected chi connectivity index (χ3v) is 7.62. The lowest BCUT2D eigenvalue weighted by Crippen LogP contribution is -2.64. The average molecular weight is 467 g/mol. The SMILES string of the molecule is O=C(C1=CC2C=CN(c3ccccc3)C2C=C1)N1CC(N2CCN(C(=O)c3ccccc3)CC2)C1. The van der Waals surface area contributed by atoms with Gasteiger partial charge in [0.1, 0.15) is 0 Å². The Morgan fingerprint density at radius 2 is 1.43 bits per heavy atom. The third kappa shape index (κ3) is 4.19. The highest BCUT2D eigenvalue weighted by Gasteiger charge is 2.38. The number of nitrogens with zero attached hydrogens (tertiary/aromatic N) is 4. The lowest BCUT2D eigenvalue weighted by Gasteiger charge is -2.48. The number of rotatable bonds is 4. The fourth-order valence-corrected chi connectivity index (χ4v) is 5.52. The van der Waals surface area contributed by atoms with Crippen LogP contribution in [-0.2, 0) is 4.79 Å². The zero-order chi connectivity index (χ0) is 23.8. The van der Waals surface area contributed by atoms with Crippen molar-refractivity contribution < 1.29 is 9.59 Å². The van der Waals surface area contributed by atoms with Gasteiger partial charge in [0.05, 0.1) is 6.04 Å². The molecule has 4 aliphatic rings. The molecule has 0 radical (unpaired) electrons. The van der Waals surface area contributed by atoms with Crippen LogP contribution in [0.1, 0.15) is 10.4 Å². The largest absolute Gasteiger partial charge is 0.340 e. The lowest BCUT2D eigenvalue weighted by molar-refractivity contribution is -0.134. The van der Waals surface area contributed by atoms with Crippen molar-refractivity contribution in [3.63, 3.8) is 0 Å². The van der Waals surface area contributed by atoms with Gasteiger partial charge in [-0.1, -0.05) is 60.7 Å². The first-order chi connectivity index (χ1) is 17.2. The van der Waals surface area contributed by atoms with Crippen LogP contribution in [0.4, 0.5) is 5.69 Å². The molecule has 3 heterocycles. The highest BCUT2D eigenvalue weighted by atomic mass is 16.2. The highest BCUT2D eigenvalue weighted by molar-refractivity contribution is 5.97. The summed E-state index contributed by atoms with van der Waals surface area (Å²) < 4.78 is 0. The third-order valence-electron chi connectivity index (χ3n) is 7.62. The zero-order valence-electron chi connectivity index (χ0n) is 19.7. The zero-order valence-corrected chi connectivity index (χ0v) is 19.7. The van der Waals surface area contributed by atoms with E-state index in [9.17, 15) is 9.59 Å². The summed E-state index contributed by atoms with van der Waals surface area (Å²) in [5, 5.41) is 0. The highest BCUT2D eigenvalue weighted by Crippen LogP contribution is 2.33. The van der Waals surface area contributed by atoms with Crippen LogP contribution in [0, 0.1) is 5.92 Å². The maximum Gasteiger partial charge on any atom is 0.253 e. The smallest absolute Gasteiger partial charge is 0.253 e. The second-order valence-electron chi connectivity index (χ2n) is 9.69. The van der Waals surface area contributed by atoms with Crippen LogP contribution in [0.25, 0.3) is 0 Å². The number of hydrogen-bond donors (Lipinski definition) is 0. The lowest BCUT2D eigenvalue weighted by atomic mass is 9.91. The molecule has 0 saturated carbocycles. The molecule has 0 bridgehead atoms. The number of anilines is 1. The minimum absolute atomic E-state index is 0.108. The monoisotopic (exact) mass is 466 g/mol. The summed E-state index contributed by atoms with van der Waals surface area (Å²) in [6.45, 7) is 4.71. The molecule has 6 nitrogen and oxygen atoms in total. The topological polar surface area (TPSA) is 47.1 Å². The molecule has 3 aliphatic heterocycles. The van der Waals surface area contributed by atoms with Crippen LogP contribution < -0.4 is 4.90 Å². The van der Waals surface area contributed by atoms with E-state index < -0.39 is 0 Å². The minimum atomic E-state index is 0.108. The molecule has 2 atom stereocenters. The van der Waals surface area contributed by atoms with Gasteiger partial charge in [-0.3, -0.25) is 14.5 Å². The number of amides is 2. The van der Waals surface area contributed by atoms with Gasteiger partial charge in [-0.05, 0) is 24.3 Å². The quantitative estimate of drug-likeness (QED) is 0.695. The molecule has 35 heavy (non-hydrogen) atoms. The van der Waals surface area contributed by atoms with Crippen LogP contribution in [0.15, 0.2) is 96.7 Å². The van der Waals surface area contributed by atoms with Crippen molar-refractivity contribution in [2.24, 2.45) is 5.92 Å². The molecule has 178 valence electrons. The van der Waals surface area contributed by atoms with Gasteiger partial charge >= 0.3 is 0 Å². The molecule has 2 aromatic carbocycles. The van der Waals surface area contributed by atoms with Gasteiger partial charge in [0.2, 0.25) is 0 Å². The fourth-order valence-electron chi connectivity index (χ4n) is 5.52. The first-order valence-electron chi connectivity index (χ1n) is 12.5. The van der Waals surface area contributed by atoms with E-state index in [1.54, 1.807) is 0 Å². The van der Waals surface area contributed by atoms with Crippen LogP contribution in [0.3, 0.4) is 0 Å². The Hall–Kier alpha value is -3.64. The molecule has 0 N–H and O–H groups in total. The van der Waals surface area contributed by atoms with E-state index in [4.69, 9.17) is 0 Å². The van der Waals surface area contributed by atoms with Crippen molar-refractivity contribution in [2.75, 3.05) is 44.2 Å². The van der Waals surface area contributed by atoms with E-state index in [1.807, 2.05) is 52.3 Å². The van der Waals surface area contributed by atoms with E-state index in [2.05, 4.69) is 58.5 Å². The Labute approximate surface area is 206 Å². The van der Waals surface area contributed by atoms with E-state index >= 15 is 0 Å². The summed E-state index contributed by atoms with van der Waals surface area (Å²) in [7, 11) is 0.